The zero-order chi connectivity index (χ0) is 13.8. The van der Waals surface area contributed by atoms with Gasteiger partial charge in [0.15, 0.2) is 0 Å². The van der Waals surface area contributed by atoms with Crippen molar-refractivity contribution in [2.24, 2.45) is 5.92 Å². The molecule has 1 aromatic carbocycles. The molecule has 0 radical (unpaired) electrons. The molecule has 0 aromatic heterocycles. The van der Waals surface area contributed by atoms with Gasteiger partial charge in [0.2, 0.25) is 0 Å². The molecule has 1 aliphatic rings. The number of rotatable bonds is 3. The van der Waals surface area contributed by atoms with Gasteiger partial charge in [0, 0.05) is 6.04 Å². The number of hydrogen-bond donors (Lipinski definition) is 3. The number of aromatic hydroxyl groups is 2. The van der Waals surface area contributed by atoms with Crippen LogP contribution in [-0.4, -0.2) is 22.2 Å². The molecule has 3 N–H and O–H groups in total. The fourth-order valence-electron chi connectivity index (χ4n) is 2.84. The molecule has 1 aliphatic carbocycles. The van der Waals surface area contributed by atoms with E-state index in [0.717, 1.165) is 25.7 Å². The molecule has 2 atom stereocenters. The van der Waals surface area contributed by atoms with Crippen LogP contribution < -0.4 is 5.32 Å². The maximum absolute atomic E-state index is 12.2. The molecule has 2 rings (SSSR count). The van der Waals surface area contributed by atoms with Crippen molar-refractivity contribution in [1.29, 1.82) is 0 Å². The lowest BCUT2D eigenvalue weighted by Gasteiger charge is -2.31. The SMILES string of the molecule is CCC1CCCCC1NC(=O)c1cc(O)ccc1O. The average molecular weight is 263 g/mol. The summed E-state index contributed by atoms with van der Waals surface area (Å²) < 4.78 is 0. The summed E-state index contributed by atoms with van der Waals surface area (Å²) in [6.45, 7) is 2.14. The van der Waals surface area contributed by atoms with Gasteiger partial charge in [0.05, 0.1) is 5.56 Å². The third-order valence-electron chi connectivity index (χ3n) is 3.97. The van der Waals surface area contributed by atoms with Crippen LogP contribution in [0.4, 0.5) is 0 Å². The normalized spacial score (nSPS) is 23.0. The molecule has 0 aliphatic heterocycles. The second-order valence-electron chi connectivity index (χ2n) is 5.23. The zero-order valence-corrected chi connectivity index (χ0v) is 11.2. The molecule has 1 aromatic rings. The smallest absolute Gasteiger partial charge is 0.255 e. The number of carbonyl (C=O) groups is 1. The van der Waals surface area contributed by atoms with E-state index in [-0.39, 0.29) is 29.0 Å². The predicted octanol–water partition coefficient (Wildman–Crippen LogP) is 2.80. The maximum atomic E-state index is 12.2. The van der Waals surface area contributed by atoms with Gasteiger partial charge in [-0.2, -0.15) is 0 Å². The Morgan fingerprint density at radius 1 is 1.32 bits per heavy atom. The quantitative estimate of drug-likeness (QED) is 0.734. The summed E-state index contributed by atoms with van der Waals surface area (Å²) in [5, 5.41) is 22.1. The molecule has 0 spiro atoms. The second kappa shape index (κ2) is 5.95. The summed E-state index contributed by atoms with van der Waals surface area (Å²) in [5.74, 6) is 0.0914. The summed E-state index contributed by atoms with van der Waals surface area (Å²) in [7, 11) is 0. The summed E-state index contributed by atoms with van der Waals surface area (Å²) in [5.41, 5.74) is 0.139. The minimum absolute atomic E-state index is 0.0152. The number of phenolic OH excluding ortho intramolecular Hbond substituents is 2. The zero-order valence-electron chi connectivity index (χ0n) is 11.2. The van der Waals surface area contributed by atoms with Crippen LogP contribution in [0.15, 0.2) is 18.2 Å². The minimum Gasteiger partial charge on any atom is -0.508 e. The molecule has 2 unspecified atom stereocenters. The van der Waals surface area contributed by atoms with Gasteiger partial charge in [-0.3, -0.25) is 4.79 Å². The van der Waals surface area contributed by atoms with Crippen molar-refractivity contribution in [2.45, 2.75) is 45.1 Å². The highest BCUT2D eigenvalue weighted by molar-refractivity contribution is 5.97. The highest BCUT2D eigenvalue weighted by atomic mass is 16.3. The van der Waals surface area contributed by atoms with E-state index in [1.165, 1.54) is 24.6 Å². The number of carbonyl (C=O) groups excluding carboxylic acids is 1. The predicted molar refractivity (Wildman–Crippen MR) is 73.3 cm³/mol. The first kappa shape index (κ1) is 13.7. The van der Waals surface area contributed by atoms with Crippen LogP contribution in [0.25, 0.3) is 0 Å². The number of phenols is 2. The molecule has 104 valence electrons. The first-order valence-corrected chi connectivity index (χ1v) is 6.94. The van der Waals surface area contributed by atoms with E-state index in [1.807, 2.05) is 0 Å². The third-order valence-corrected chi connectivity index (χ3v) is 3.97. The molecule has 4 nitrogen and oxygen atoms in total. The molecule has 4 heteroatoms. The van der Waals surface area contributed by atoms with Crippen molar-refractivity contribution in [3.05, 3.63) is 23.8 Å². The molecular weight excluding hydrogens is 242 g/mol. The molecule has 0 bridgehead atoms. The van der Waals surface area contributed by atoms with Crippen molar-refractivity contribution in [3.8, 4) is 11.5 Å². The molecule has 1 amide bonds. The number of hydrogen-bond acceptors (Lipinski definition) is 3. The number of amides is 1. The fraction of sp³-hybridized carbons (Fsp3) is 0.533. The Balaban J connectivity index is 2.09. The Hall–Kier alpha value is -1.71. The Morgan fingerprint density at radius 3 is 2.79 bits per heavy atom. The maximum Gasteiger partial charge on any atom is 0.255 e. The van der Waals surface area contributed by atoms with Crippen LogP contribution in [0.3, 0.4) is 0 Å². The molecular formula is C15H21NO3. The van der Waals surface area contributed by atoms with E-state index in [1.54, 1.807) is 0 Å². The van der Waals surface area contributed by atoms with Crippen molar-refractivity contribution in [2.75, 3.05) is 0 Å². The Labute approximate surface area is 113 Å². The van der Waals surface area contributed by atoms with E-state index in [4.69, 9.17) is 0 Å². The third kappa shape index (κ3) is 3.19. The first-order valence-electron chi connectivity index (χ1n) is 6.94. The highest BCUT2D eigenvalue weighted by Crippen LogP contribution is 2.28. The molecule has 1 fully saturated rings. The second-order valence-corrected chi connectivity index (χ2v) is 5.23. The van der Waals surface area contributed by atoms with Crippen LogP contribution >= 0.6 is 0 Å². The van der Waals surface area contributed by atoms with Gasteiger partial charge in [-0.25, -0.2) is 0 Å². The molecule has 0 saturated heterocycles. The van der Waals surface area contributed by atoms with E-state index in [9.17, 15) is 15.0 Å². The summed E-state index contributed by atoms with van der Waals surface area (Å²) in [6.07, 6.45) is 5.55. The highest BCUT2D eigenvalue weighted by Gasteiger charge is 2.26. The lowest BCUT2D eigenvalue weighted by Crippen LogP contribution is -2.41. The van der Waals surface area contributed by atoms with Crippen LogP contribution in [0.5, 0.6) is 11.5 Å². The molecule has 0 heterocycles. The summed E-state index contributed by atoms with van der Waals surface area (Å²) in [6, 6.07) is 4.17. The van der Waals surface area contributed by atoms with Crippen LogP contribution in [-0.2, 0) is 0 Å². The number of benzene rings is 1. The Morgan fingerprint density at radius 2 is 2.05 bits per heavy atom. The van der Waals surface area contributed by atoms with Gasteiger partial charge in [-0.05, 0) is 37.0 Å². The van der Waals surface area contributed by atoms with Gasteiger partial charge in [-0.1, -0.05) is 26.2 Å². The van der Waals surface area contributed by atoms with Crippen molar-refractivity contribution in [1.82, 2.24) is 5.32 Å². The van der Waals surface area contributed by atoms with Crippen molar-refractivity contribution < 1.29 is 15.0 Å². The van der Waals surface area contributed by atoms with Crippen LogP contribution in [0.2, 0.25) is 0 Å². The monoisotopic (exact) mass is 263 g/mol. The standard InChI is InChI=1S/C15H21NO3/c1-2-10-5-3-4-6-13(10)16-15(19)12-9-11(17)7-8-14(12)18/h7-10,13,17-18H,2-6H2,1H3,(H,16,19). The topological polar surface area (TPSA) is 69.6 Å². The van der Waals surface area contributed by atoms with Crippen molar-refractivity contribution >= 4 is 5.91 Å². The fourth-order valence-corrected chi connectivity index (χ4v) is 2.84. The van der Waals surface area contributed by atoms with Crippen molar-refractivity contribution in [3.63, 3.8) is 0 Å². The van der Waals surface area contributed by atoms with E-state index < -0.39 is 0 Å². The average Bonchev–Trinajstić information content (AvgIpc) is 2.42. The minimum atomic E-state index is -0.307. The molecule has 1 saturated carbocycles. The Bertz CT molecular complexity index is 459. The largest absolute Gasteiger partial charge is 0.508 e. The van der Waals surface area contributed by atoms with Gasteiger partial charge in [0.25, 0.3) is 5.91 Å². The van der Waals surface area contributed by atoms with Gasteiger partial charge < -0.3 is 15.5 Å². The van der Waals surface area contributed by atoms with Crippen LogP contribution in [0, 0.1) is 5.92 Å². The van der Waals surface area contributed by atoms with E-state index in [0.29, 0.717) is 5.92 Å². The molecule has 19 heavy (non-hydrogen) atoms. The lowest BCUT2D eigenvalue weighted by molar-refractivity contribution is 0.0901. The van der Waals surface area contributed by atoms with Gasteiger partial charge in [-0.15, -0.1) is 0 Å². The summed E-state index contributed by atoms with van der Waals surface area (Å²) >= 11 is 0. The van der Waals surface area contributed by atoms with E-state index in [2.05, 4.69) is 12.2 Å². The lowest BCUT2D eigenvalue weighted by atomic mass is 9.83. The summed E-state index contributed by atoms with van der Waals surface area (Å²) in [4.78, 5) is 12.2. The number of nitrogens with one attached hydrogen (secondary N) is 1. The van der Waals surface area contributed by atoms with Gasteiger partial charge >= 0.3 is 0 Å². The van der Waals surface area contributed by atoms with E-state index >= 15 is 0 Å². The Kier molecular flexibility index (Phi) is 4.30. The first-order chi connectivity index (χ1) is 9.11. The van der Waals surface area contributed by atoms with Crippen LogP contribution in [0.1, 0.15) is 49.4 Å². The van der Waals surface area contributed by atoms with Gasteiger partial charge in [0.1, 0.15) is 11.5 Å².